The van der Waals surface area contributed by atoms with Gasteiger partial charge in [-0.05, 0) is 23.6 Å². The van der Waals surface area contributed by atoms with Gasteiger partial charge in [-0.2, -0.15) is 0 Å². The van der Waals surface area contributed by atoms with Gasteiger partial charge in [0.15, 0.2) is 11.6 Å². The van der Waals surface area contributed by atoms with E-state index in [-0.39, 0.29) is 0 Å². The molecule has 0 radical (unpaired) electrons. The van der Waals surface area contributed by atoms with Crippen molar-refractivity contribution >= 4 is 38.3 Å². The van der Waals surface area contributed by atoms with E-state index in [0.29, 0.717) is 5.82 Å². The molecule has 1 N–H and O–H groups in total. The molecular weight excluding hydrogens is 322 g/mol. The molecule has 0 unspecified atom stereocenters. The van der Waals surface area contributed by atoms with E-state index in [0.717, 1.165) is 58.9 Å². The number of H-pyrrole nitrogens is 1. The SMILES string of the molecule is c1cc2[nH]ccc2c(-c2nc(N3CCOCC3)c3sccc3n2)n1. The lowest BCUT2D eigenvalue weighted by Gasteiger charge is -2.28. The lowest BCUT2D eigenvalue weighted by Crippen LogP contribution is -2.36. The molecule has 0 aromatic carbocycles. The van der Waals surface area contributed by atoms with Crippen LogP contribution in [0.25, 0.3) is 32.6 Å². The number of hydrogen-bond donors (Lipinski definition) is 1. The molecule has 4 aromatic rings. The van der Waals surface area contributed by atoms with Gasteiger partial charge in [-0.15, -0.1) is 11.3 Å². The summed E-state index contributed by atoms with van der Waals surface area (Å²) in [6, 6.07) is 6.03. The fourth-order valence-corrected chi connectivity index (χ4v) is 3.95. The lowest BCUT2D eigenvalue weighted by molar-refractivity contribution is 0.122. The number of rotatable bonds is 2. The Morgan fingerprint density at radius 3 is 2.96 bits per heavy atom. The zero-order valence-corrected chi connectivity index (χ0v) is 13.7. The van der Waals surface area contributed by atoms with Crippen LogP contribution in [-0.2, 0) is 4.74 Å². The highest BCUT2D eigenvalue weighted by Crippen LogP contribution is 2.33. The molecule has 1 aliphatic heterocycles. The summed E-state index contributed by atoms with van der Waals surface area (Å²) >= 11 is 1.68. The summed E-state index contributed by atoms with van der Waals surface area (Å²) in [6.45, 7) is 3.17. The van der Waals surface area contributed by atoms with Crippen molar-refractivity contribution in [3.05, 3.63) is 36.0 Å². The van der Waals surface area contributed by atoms with Crippen LogP contribution >= 0.6 is 11.3 Å². The van der Waals surface area contributed by atoms with Crippen LogP contribution in [0.2, 0.25) is 0 Å². The quantitative estimate of drug-likeness (QED) is 0.609. The zero-order chi connectivity index (χ0) is 15.9. The molecule has 5 heterocycles. The third-order valence-corrected chi connectivity index (χ3v) is 5.19. The van der Waals surface area contributed by atoms with Crippen molar-refractivity contribution in [1.82, 2.24) is 19.9 Å². The van der Waals surface area contributed by atoms with Gasteiger partial charge in [0.25, 0.3) is 0 Å². The number of pyridine rings is 1. The minimum atomic E-state index is 0.674. The Kier molecular flexibility index (Phi) is 3.20. The van der Waals surface area contributed by atoms with Gasteiger partial charge in [-0.25, -0.2) is 9.97 Å². The third-order valence-electron chi connectivity index (χ3n) is 4.29. The summed E-state index contributed by atoms with van der Waals surface area (Å²) in [5.41, 5.74) is 2.83. The molecule has 0 spiro atoms. The molecule has 6 nitrogen and oxygen atoms in total. The van der Waals surface area contributed by atoms with Crippen LogP contribution in [0, 0.1) is 0 Å². The second kappa shape index (κ2) is 5.54. The average Bonchev–Trinajstić information content (AvgIpc) is 3.30. The van der Waals surface area contributed by atoms with Crippen LogP contribution in [0.15, 0.2) is 36.0 Å². The highest BCUT2D eigenvalue weighted by molar-refractivity contribution is 7.17. The first-order chi connectivity index (χ1) is 11.9. The van der Waals surface area contributed by atoms with Crippen LogP contribution in [-0.4, -0.2) is 46.2 Å². The molecule has 24 heavy (non-hydrogen) atoms. The number of morpholine rings is 1. The molecule has 0 atom stereocenters. The maximum Gasteiger partial charge on any atom is 0.181 e. The Labute approximate surface area is 142 Å². The molecule has 0 amide bonds. The van der Waals surface area contributed by atoms with Crippen LogP contribution in [0.3, 0.4) is 0 Å². The fraction of sp³-hybridized carbons (Fsp3) is 0.235. The number of fused-ring (bicyclic) bond motifs is 2. The predicted molar refractivity (Wildman–Crippen MR) is 95.5 cm³/mol. The first-order valence-corrected chi connectivity index (χ1v) is 8.78. The van der Waals surface area contributed by atoms with Gasteiger partial charge in [0.05, 0.1) is 23.4 Å². The van der Waals surface area contributed by atoms with Gasteiger partial charge in [0, 0.05) is 36.4 Å². The normalized spacial score (nSPS) is 15.4. The molecule has 4 aromatic heterocycles. The minimum Gasteiger partial charge on any atom is -0.378 e. The van der Waals surface area contributed by atoms with E-state index in [2.05, 4.69) is 20.2 Å². The van der Waals surface area contributed by atoms with E-state index in [1.807, 2.05) is 24.4 Å². The molecule has 120 valence electrons. The summed E-state index contributed by atoms with van der Waals surface area (Å²) in [7, 11) is 0. The number of aromatic nitrogens is 4. The van der Waals surface area contributed by atoms with Crippen molar-refractivity contribution < 1.29 is 4.74 Å². The summed E-state index contributed by atoms with van der Waals surface area (Å²) in [4.78, 5) is 19.7. The molecule has 0 aliphatic carbocycles. The second-order valence-electron chi connectivity index (χ2n) is 5.70. The van der Waals surface area contributed by atoms with Gasteiger partial charge in [0.2, 0.25) is 0 Å². The van der Waals surface area contributed by atoms with Crippen LogP contribution in [0.5, 0.6) is 0 Å². The average molecular weight is 337 g/mol. The molecule has 1 aliphatic rings. The van der Waals surface area contributed by atoms with E-state index in [1.165, 1.54) is 0 Å². The van der Waals surface area contributed by atoms with E-state index >= 15 is 0 Å². The highest BCUT2D eigenvalue weighted by Gasteiger charge is 2.20. The maximum absolute atomic E-state index is 5.48. The Bertz CT molecular complexity index is 1020. The van der Waals surface area contributed by atoms with E-state index in [4.69, 9.17) is 14.7 Å². The van der Waals surface area contributed by atoms with Gasteiger partial charge in [0.1, 0.15) is 5.69 Å². The number of ether oxygens (including phenoxy) is 1. The van der Waals surface area contributed by atoms with Crippen molar-refractivity contribution in [3.8, 4) is 11.5 Å². The summed E-state index contributed by atoms with van der Waals surface area (Å²) in [5.74, 6) is 1.66. The van der Waals surface area contributed by atoms with Crippen molar-refractivity contribution in [2.45, 2.75) is 0 Å². The van der Waals surface area contributed by atoms with Gasteiger partial charge >= 0.3 is 0 Å². The van der Waals surface area contributed by atoms with Crippen molar-refractivity contribution in [3.63, 3.8) is 0 Å². The minimum absolute atomic E-state index is 0.674. The molecule has 0 saturated carbocycles. The maximum atomic E-state index is 5.48. The third kappa shape index (κ3) is 2.16. The molecule has 1 saturated heterocycles. The zero-order valence-electron chi connectivity index (χ0n) is 12.9. The summed E-state index contributed by atoms with van der Waals surface area (Å²) < 4.78 is 6.61. The van der Waals surface area contributed by atoms with Crippen LogP contribution < -0.4 is 4.90 Å². The molecule has 5 rings (SSSR count). The fourth-order valence-electron chi connectivity index (χ4n) is 3.10. The number of nitrogens with one attached hydrogen (secondary N) is 1. The van der Waals surface area contributed by atoms with E-state index < -0.39 is 0 Å². The van der Waals surface area contributed by atoms with E-state index in [9.17, 15) is 0 Å². The Morgan fingerprint density at radius 1 is 1.12 bits per heavy atom. The monoisotopic (exact) mass is 337 g/mol. The smallest absolute Gasteiger partial charge is 0.181 e. The van der Waals surface area contributed by atoms with Gasteiger partial charge in [-0.1, -0.05) is 0 Å². The Hall–Kier alpha value is -2.51. The summed E-state index contributed by atoms with van der Waals surface area (Å²) in [6.07, 6.45) is 3.71. The molecular formula is C17H15N5OS. The first-order valence-electron chi connectivity index (χ1n) is 7.90. The van der Waals surface area contributed by atoms with Crippen LogP contribution in [0.4, 0.5) is 5.82 Å². The largest absolute Gasteiger partial charge is 0.378 e. The molecule has 7 heteroatoms. The van der Waals surface area contributed by atoms with Crippen molar-refractivity contribution in [2.75, 3.05) is 31.2 Å². The standard InChI is InChI=1S/C17H15N5OS/c1-4-18-12-2-5-19-14(11(1)12)16-20-13-3-10-24-15(13)17(21-16)22-6-8-23-9-7-22/h1-5,10,18H,6-9H2. The van der Waals surface area contributed by atoms with Crippen molar-refractivity contribution in [2.24, 2.45) is 0 Å². The second-order valence-corrected chi connectivity index (χ2v) is 6.62. The number of aromatic amines is 1. The topological polar surface area (TPSA) is 66.9 Å². The number of thiophene rings is 1. The van der Waals surface area contributed by atoms with E-state index in [1.54, 1.807) is 17.5 Å². The van der Waals surface area contributed by atoms with Gasteiger partial charge < -0.3 is 14.6 Å². The Balaban J connectivity index is 1.73. The molecule has 1 fully saturated rings. The highest BCUT2D eigenvalue weighted by atomic mass is 32.1. The number of hydrogen-bond acceptors (Lipinski definition) is 6. The summed E-state index contributed by atoms with van der Waals surface area (Å²) in [5, 5.41) is 3.11. The number of nitrogens with zero attached hydrogens (tertiary/aromatic N) is 4. The lowest BCUT2D eigenvalue weighted by atomic mass is 10.2. The van der Waals surface area contributed by atoms with Crippen LogP contribution in [0.1, 0.15) is 0 Å². The Morgan fingerprint density at radius 2 is 2.04 bits per heavy atom. The molecule has 0 bridgehead atoms. The van der Waals surface area contributed by atoms with Gasteiger partial charge in [-0.3, -0.25) is 4.98 Å². The first kappa shape index (κ1) is 13.9. The predicted octanol–water partition coefficient (Wildman–Crippen LogP) is 3.07. The number of anilines is 1. The van der Waals surface area contributed by atoms with Crippen molar-refractivity contribution in [1.29, 1.82) is 0 Å².